The molecule has 4 nitrogen and oxygen atoms in total. The van der Waals surface area contributed by atoms with Crippen molar-refractivity contribution < 1.29 is 18.7 Å². The number of carbonyl (C=O) groups excluding carboxylic acids is 1. The van der Waals surface area contributed by atoms with Crippen LogP contribution in [0.2, 0.25) is 5.04 Å². The lowest BCUT2D eigenvalue weighted by Gasteiger charge is -2.46. The van der Waals surface area contributed by atoms with Gasteiger partial charge in [0.05, 0.1) is 12.5 Å². The average molecular weight is 441 g/mol. The van der Waals surface area contributed by atoms with E-state index in [2.05, 4.69) is 83.1 Å². The maximum absolute atomic E-state index is 12.2. The van der Waals surface area contributed by atoms with Gasteiger partial charge in [-0.1, -0.05) is 95.3 Å². The summed E-state index contributed by atoms with van der Waals surface area (Å²) in [5.74, 6) is -0.193. The minimum Gasteiger partial charge on any atom is -0.462 e. The summed E-state index contributed by atoms with van der Waals surface area (Å²) in [5, 5.41) is 2.41. The first-order chi connectivity index (χ1) is 14.6. The molecule has 168 valence electrons. The van der Waals surface area contributed by atoms with Crippen LogP contribution in [-0.2, 0) is 18.7 Å². The van der Waals surface area contributed by atoms with E-state index >= 15 is 0 Å². The van der Waals surface area contributed by atoms with Crippen molar-refractivity contribution in [3.05, 3.63) is 60.7 Å². The van der Waals surface area contributed by atoms with Crippen LogP contribution < -0.4 is 10.4 Å². The Morgan fingerprint density at radius 3 is 1.90 bits per heavy atom. The Kier molecular flexibility index (Phi) is 7.09. The number of methoxy groups -OCH3 is 1. The third kappa shape index (κ3) is 4.94. The number of hydrogen-bond acceptors (Lipinski definition) is 4. The quantitative estimate of drug-likeness (QED) is 0.475. The third-order valence-corrected chi connectivity index (χ3v) is 11.4. The topological polar surface area (TPSA) is 44.8 Å². The predicted molar refractivity (Wildman–Crippen MR) is 127 cm³/mol. The molecule has 31 heavy (non-hydrogen) atoms. The highest BCUT2D eigenvalue weighted by molar-refractivity contribution is 6.99. The van der Waals surface area contributed by atoms with Crippen molar-refractivity contribution in [1.82, 2.24) is 0 Å². The zero-order valence-corrected chi connectivity index (χ0v) is 20.7. The van der Waals surface area contributed by atoms with Crippen molar-refractivity contribution in [2.45, 2.75) is 64.7 Å². The number of ether oxygens (including phenoxy) is 2. The molecule has 0 amide bonds. The van der Waals surface area contributed by atoms with Gasteiger partial charge >= 0.3 is 5.97 Å². The van der Waals surface area contributed by atoms with Crippen LogP contribution in [0.5, 0.6) is 0 Å². The lowest BCUT2D eigenvalue weighted by atomic mass is 9.82. The minimum absolute atomic E-state index is 0.0932. The molecule has 2 atom stereocenters. The molecule has 2 aromatic rings. The van der Waals surface area contributed by atoms with Gasteiger partial charge in [0.15, 0.2) is 0 Å². The lowest BCUT2D eigenvalue weighted by Crippen LogP contribution is -2.67. The molecule has 1 saturated heterocycles. The number of rotatable bonds is 7. The molecule has 0 unspecified atom stereocenters. The highest BCUT2D eigenvalue weighted by atomic mass is 28.4. The summed E-state index contributed by atoms with van der Waals surface area (Å²) in [6, 6.07) is 21.2. The largest absolute Gasteiger partial charge is 0.462 e. The second-order valence-corrected chi connectivity index (χ2v) is 14.5. The van der Waals surface area contributed by atoms with Gasteiger partial charge in [0.25, 0.3) is 8.32 Å². The van der Waals surface area contributed by atoms with Crippen LogP contribution in [0.3, 0.4) is 0 Å². The van der Waals surface area contributed by atoms with Crippen LogP contribution in [0.15, 0.2) is 60.7 Å². The zero-order valence-electron chi connectivity index (χ0n) is 19.7. The van der Waals surface area contributed by atoms with Gasteiger partial charge in [-0.2, -0.15) is 0 Å². The summed E-state index contributed by atoms with van der Waals surface area (Å²) in [7, 11) is -0.978. The monoisotopic (exact) mass is 440 g/mol. The minimum atomic E-state index is -2.64. The fraction of sp³-hybridized carbons (Fsp3) is 0.500. The molecule has 2 aromatic carbocycles. The van der Waals surface area contributed by atoms with Crippen LogP contribution in [0.25, 0.3) is 0 Å². The SMILES string of the molecule is CO[C@@H]1CC(=O)O[C@H](C(C)(C)CO[Si](c2ccccc2)(c2ccccc2)C(C)(C)C)C1. The maximum atomic E-state index is 12.2. The van der Waals surface area contributed by atoms with E-state index in [4.69, 9.17) is 13.9 Å². The third-order valence-electron chi connectivity index (χ3n) is 6.43. The van der Waals surface area contributed by atoms with Crippen LogP contribution in [0.1, 0.15) is 47.5 Å². The summed E-state index contributed by atoms with van der Waals surface area (Å²) in [4.78, 5) is 12.2. The Morgan fingerprint density at radius 2 is 1.45 bits per heavy atom. The molecule has 0 spiro atoms. The van der Waals surface area contributed by atoms with Crippen LogP contribution in [0.4, 0.5) is 0 Å². The summed E-state index contributed by atoms with van der Waals surface area (Å²) in [6.07, 6.45) is 0.674. The van der Waals surface area contributed by atoms with Gasteiger partial charge in [0.1, 0.15) is 6.10 Å². The van der Waals surface area contributed by atoms with Gasteiger partial charge in [0.2, 0.25) is 0 Å². The maximum Gasteiger partial charge on any atom is 0.308 e. The fourth-order valence-electron chi connectivity index (χ4n) is 4.57. The molecule has 0 aliphatic carbocycles. The average Bonchev–Trinajstić information content (AvgIpc) is 2.74. The van der Waals surface area contributed by atoms with E-state index in [9.17, 15) is 4.79 Å². The van der Waals surface area contributed by atoms with Gasteiger partial charge in [-0.15, -0.1) is 0 Å². The van der Waals surface area contributed by atoms with Gasteiger partial charge in [-0.25, -0.2) is 0 Å². The van der Waals surface area contributed by atoms with Crippen molar-refractivity contribution in [2.24, 2.45) is 5.41 Å². The molecule has 1 heterocycles. The molecule has 1 aliphatic heterocycles. The fourth-order valence-corrected chi connectivity index (χ4v) is 9.31. The summed E-state index contributed by atoms with van der Waals surface area (Å²) < 4.78 is 18.3. The van der Waals surface area contributed by atoms with Crippen molar-refractivity contribution in [2.75, 3.05) is 13.7 Å². The molecule has 0 radical (unpaired) electrons. The number of carbonyl (C=O) groups is 1. The van der Waals surface area contributed by atoms with Crippen molar-refractivity contribution in [3.8, 4) is 0 Å². The van der Waals surface area contributed by atoms with E-state index in [1.807, 2.05) is 12.1 Å². The van der Waals surface area contributed by atoms with Gasteiger partial charge in [0, 0.05) is 25.6 Å². The number of hydrogen-bond donors (Lipinski definition) is 0. The zero-order chi connectivity index (χ0) is 22.7. The number of esters is 1. The van der Waals surface area contributed by atoms with Gasteiger partial charge in [-0.3, -0.25) is 4.79 Å². The van der Waals surface area contributed by atoms with Crippen molar-refractivity contribution in [1.29, 1.82) is 0 Å². The molecule has 0 aromatic heterocycles. The highest BCUT2D eigenvalue weighted by Gasteiger charge is 2.51. The highest BCUT2D eigenvalue weighted by Crippen LogP contribution is 2.39. The summed E-state index contributed by atoms with van der Waals surface area (Å²) >= 11 is 0. The van der Waals surface area contributed by atoms with Crippen molar-refractivity contribution in [3.63, 3.8) is 0 Å². The van der Waals surface area contributed by atoms with E-state index in [-0.39, 0.29) is 28.6 Å². The first-order valence-electron chi connectivity index (χ1n) is 11.1. The van der Waals surface area contributed by atoms with E-state index in [1.165, 1.54) is 10.4 Å². The number of benzene rings is 2. The molecule has 1 aliphatic rings. The van der Waals surface area contributed by atoms with Gasteiger partial charge in [-0.05, 0) is 15.4 Å². The summed E-state index contributed by atoms with van der Waals surface area (Å²) in [5.41, 5.74) is -0.347. The molecule has 3 rings (SSSR count). The molecule has 0 N–H and O–H groups in total. The van der Waals surface area contributed by atoms with E-state index in [1.54, 1.807) is 7.11 Å². The lowest BCUT2D eigenvalue weighted by molar-refractivity contribution is -0.172. The second kappa shape index (κ2) is 9.27. The van der Waals surface area contributed by atoms with Crippen LogP contribution in [-0.4, -0.2) is 40.2 Å². The molecule has 0 saturated carbocycles. The molecule has 0 bridgehead atoms. The number of cyclic esters (lactones) is 1. The van der Waals surface area contributed by atoms with Crippen LogP contribution in [0, 0.1) is 5.41 Å². The second-order valence-electron chi connectivity index (χ2n) is 10.2. The predicted octanol–water partition coefficient (Wildman–Crippen LogP) is 4.31. The Labute approximate surface area is 188 Å². The Hall–Kier alpha value is -1.95. The van der Waals surface area contributed by atoms with Crippen LogP contribution >= 0.6 is 0 Å². The molecular weight excluding hydrogens is 404 g/mol. The van der Waals surface area contributed by atoms with Crippen molar-refractivity contribution >= 4 is 24.7 Å². The summed E-state index contributed by atoms with van der Waals surface area (Å²) in [6.45, 7) is 11.6. The molecule has 5 heteroatoms. The Bertz CT molecular complexity index is 818. The molecule has 1 fully saturated rings. The smallest absolute Gasteiger partial charge is 0.308 e. The Balaban J connectivity index is 1.98. The van der Waals surface area contributed by atoms with E-state index < -0.39 is 8.32 Å². The van der Waals surface area contributed by atoms with E-state index in [0.717, 1.165) is 0 Å². The van der Waals surface area contributed by atoms with E-state index in [0.29, 0.717) is 19.4 Å². The Morgan fingerprint density at radius 1 is 0.935 bits per heavy atom. The van der Waals surface area contributed by atoms with Gasteiger partial charge < -0.3 is 13.9 Å². The standard InChI is InChI=1S/C26H36O4Si/c1-25(2,3)31(21-13-9-7-10-14-21,22-15-11-8-12-16-22)29-19-26(4,5)23-17-20(28-6)18-24(27)30-23/h7-16,20,23H,17-19H2,1-6H3/t20-,23-/m0/s1. The normalized spacial score (nSPS) is 20.4. The first kappa shape index (κ1) is 23.7. The first-order valence-corrected chi connectivity index (χ1v) is 13.0. The molecular formula is C26H36O4Si.